The summed E-state index contributed by atoms with van der Waals surface area (Å²) in [6.07, 6.45) is 0.210. The van der Waals surface area contributed by atoms with Crippen LogP contribution in [0.4, 0.5) is 5.69 Å². The first-order valence-corrected chi connectivity index (χ1v) is 6.50. The molecule has 1 aliphatic heterocycles. The third-order valence-corrected chi connectivity index (χ3v) is 3.77. The van der Waals surface area contributed by atoms with Gasteiger partial charge in [0.25, 0.3) is 5.91 Å². The third-order valence-electron chi connectivity index (χ3n) is 3.43. The molecule has 20 heavy (non-hydrogen) atoms. The Morgan fingerprint density at radius 3 is 2.70 bits per heavy atom. The average molecular weight is 298 g/mol. The molecule has 108 valence electrons. The molecule has 0 aromatic heterocycles. The van der Waals surface area contributed by atoms with Gasteiger partial charge in [-0.25, -0.2) is 0 Å². The number of nitrogens with two attached hydrogens (primary N) is 2. The van der Waals surface area contributed by atoms with Gasteiger partial charge in [-0.1, -0.05) is 11.6 Å². The molecule has 0 spiro atoms. The van der Waals surface area contributed by atoms with Crippen LogP contribution in [0.2, 0.25) is 5.02 Å². The largest absolute Gasteiger partial charge is 0.398 e. The van der Waals surface area contributed by atoms with Crippen molar-refractivity contribution in [3.05, 3.63) is 28.8 Å². The Kier molecular flexibility index (Phi) is 4.15. The summed E-state index contributed by atoms with van der Waals surface area (Å²) in [5.41, 5.74) is 11.7. The van der Waals surface area contributed by atoms with Gasteiger partial charge in [0.15, 0.2) is 0 Å². The molecule has 2 unspecified atom stereocenters. The summed E-state index contributed by atoms with van der Waals surface area (Å²) in [5.74, 6) is -0.850. The van der Waals surface area contributed by atoms with Crippen molar-refractivity contribution in [3.8, 4) is 0 Å². The number of amides is 2. The smallest absolute Gasteiger partial charge is 0.254 e. The fraction of sp³-hybridized carbons (Fsp3) is 0.385. The number of rotatable bonds is 3. The highest BCUT2D eigenvalue weighted by atomic mass is 35.5. The van der Waals surface area contributed by atoms with E-state index in [0.717, 1.165) is 0 Å². The molecule has 6 nitrogen and oxygen atoms in total. The Morgan fingerprint density at radius 1 is 1.45 bits per heavy atom. The number of likely N-dealkylation sites (tertiary alicyclic amines) is 1. The summed E-state index contributed by atoms with van der Waals surface area (Å²) in [4.78, 5) is 25.3. The number of nitrogen functional groups attached to an aromatic ring is 1. The number of methoxy groups -OCH3 is 1. The molecule has 0 aliphatic carbocycles. The number of carbonyl (C=O) groups is 2. The van der Waals surface area contributed by atoms with E-state index in [1.165, 1.54) is 18.1 Å². The van der Waals surface area contributed by atoms with E-state index in [1.54, 1.807) is 12.1 Å². The maximum atomic E-state index is 12.5. The number of carbonyl (C=O) groups excluding carboxylic acids is 2. The second-order valence-corrected chi connectivity index (χ2v) is 5.11. The first kappa shape index (κ1) is 14.6. The van der Waals surface area contributed by atoms with Gasteiger partial charge in [-0.05, 0) is 18.2 Å². The number of benzene rings is 1. The third kappa shape index (κ3) is 2.71. The molecule has 2 atom stereocenters. The molecule has 0 saturated carbocycles. The number of nitrogens with zero attached hydrogens (tertiary/aromatic N) is 1. The van der Waals surface area contributed by atoms with Crippen molar-refractivity contribution in [2.45, 2.75) is 18.6 Å². The Bertz CT molecular complexity index is 550. The fourth-order valence-electron chi connectivity index (χ4n) is 2.30. The minimum absolute atomic E-state index is 0.193. The monoisotopic (exact) mass is 297 g/mol. The lowest BCUT2D eigenvalue weighted by Gasteiger charge is -2.22. The van der Waals surface area contributed by atoms with Gasteiger partial charge in [0.2, 0.25) is 5.91 Å². The van der Waals surface area contributed by atoms with Crippen molar-refractivity contribution >= 4 is 29.1 Å². The van der Waals surface area contributed by atoms with E-state index in [9.17, 15) is 9.59 Å². The van der Waals surface area contributed by atoms with Gasteiger partial charge >= 0.3 is 0 Å². The lowest BCUT2D eigenvalue weighted by atomic mass is 10.1. The van der Waals surface area contributed by atoms with E-state index >= 15 is 0 Å². The first-order chi connectivity index (χ1) is 9.43. The molecule has 4 N–H and O–H groups in total. The Morgan fingerprint density at radius 2 is 2.15 bits per heavy atom. The van der Waals surface area contributed by atoms with E-state index < -0.39 is 11.9 Å². The Hall–Kier alpha value is -1.79. The molecular weight excluding hydrogens is 282 g/mol. The van der Waals surface area contributed by atoms with Crippen LogP contribution in [-0.2, 0) is 9.53 Å². The van der Waals surface area contributed by atoms with E-state index in [-0.39, 0.29) is 12.0 Å². The normalized spacial score (nSPS) is 22.0. The second-order valence-electron chi connectivity index (χ2n) is 4.71. The molecule has 7 heteroatoms. The predicted octanol–water partition coefficient (Wildman–Crippen LogP) is 0.637. The topological polar surface area (TPSA) is 98.6 Å². The predicted molar refractivity (Wildman–Crippen MR) is 75.3 cm³/mol. The number of ether oxygens (including phenoxy) is 1. The highest BCUT2D eigenvalue weighted by molar-refractivity contribution is 6.33. The molecule has 1 heterocycles. The van der Waals surface area contributed by atoms with Gasteiger partial charge in [0.05, 0.1) is 16.8 Å². The Labute approximate surface area is 121 Å². The highest BCUT2D eigenvalue weighted by Crippen LogP contribution is 2.25. The molecule has 1 aromatic carbocycles. The number of anilines is 1. The number of primary amides is 1. The molecule has 1 aromatic rings. The fourth-order valence-corrected chi connectivity index (χ4v) is 2.42. The van der Waals surface area contributed by atoms with Crippen LogP contribution in [0.3, 0.4) is 0 Å². The van der Waals surface area contributed by atoms with Gasteiger partial charge in [-0.3, -0.25) is 9.59 Å². The van der Waals surface area contributed by atoms with Crippen LogP contribution < -0.4 is 11.5 Å². The second kappa shape index (κ2) is 5.68. The van der Waals surface area contributed by atoms with Crippen LogP contribution in [0.5, 0.6) is 0 Å². The minimum atomic E-state index is -0.663. The lowest BCUT2D eigenvalue weighted by Crippen LogP contribution is -2.43. The number of hydrogen-bond donors (Lipinski definition) is 2. The molecular formula is C13H16ClN3O3. The summed E-state index contributed by atoms with van der Waals surface area (Å²) in [5, 5.41) is 0.379. The molecule has 0 bridgehead atoms. The van der Waals surface area contributed by atoms with Crippen LogP contribution >= 0.6 is 11.6 Å². The molecule has 2 amide bonds. The molecule has 0 radical (unpaired) electrons. The van der Waals surface area contributed by atoms with Crippen LogP contribution in [-0.4, -0.2) is 42.5 Å². The summed E-state index contributed by atoms with van der Waals surface area (Å²) in [7, 11) is 1.54. The van der Waals surface area contributed by atoms with Crippen molar-refractivity contribution in [2.75, 3.05) is 19.4 Å². The lowest BCUT2D eigenvalue weighted by molar-refractivity contribution is -0.121. The SMILES string of the molecule is COC1CC(C(N)=O)N(C(=O)c2ccc(Cl)c(N)c2)C1. The van der Waals surface area contributed by atoms with Crippen LogP contribution in [0.1, 0.15) is 16.8 Å². The summed E-state index contributed by atoms with van der Waals surface area (Å²) < 4.78 is 5.20. The number of hydrogen-bond acceptors (Lipinski definition) is 4. The quantitative estimate of drug-likeness (QED) is 0.800. The van der Waals surface area contributed by atoms with E-state index in [1.807, 2.05) is 0 Å². The van der Waals surface area contributed by atoms with Crippen molar-refractivity contribution in [3.63, 3.8) is 0 Å². The van der Waals surface area contributed by atoms with E-state index in [4.69, 9.17) is 27.8 Å². The van der Waals surface area contributed by atoms with Crippen LogP contribution in [0, 0.1) is 0 Å². The van der Waals surface area contributed by atoms with E-state index in [2.05, 4.69) is 0 Å². The zero-order valence-electron chi connectivity index (χ0n) is 11.0. The first-order valence-electron chi connectivity index (χ1n) is 6.12. The average Bonchev–Trinajstić information content (AvgIpc) is 2.85. The molecule has 2 rings (SSSR count). The van der Waals surface area contributed by atoms with Crippen molar-refractivity contribution in [1.29, 1.82) is 0 Å². The molecule has 1 saturated heterocycles. The van der Waals surface area contributed by atoms with Gasteiger partial charge in [-0.15, -0.1) is 0 Å². The summed E-state index contributed by atoms with van der Waals surface area (Å²) >= 11 is 5.83. The van der Waals surface area contributed by atoms with Crippen molar-refractivity contribution < 1.29 is 14.3 Å². The maximum absolute atomic E-state index is 12.5. The zero-order chi connectivity index (χ0) is 14.9. The van der Waals surface area contributed by atoms with Gasteiger partial charge in [0.1, 0.15) is 6.04 Å². The van der Waals surface area contributed by atoms with E-state index in [0.29, 0.717) is 29.2 Å². The zero-order valence-corrected chi connectivity index (χ0v) is 11.8. The summed E-state index contributed by atoms with van der Waals surface area (Å²) in [6, 6.07) is 3.94. The standard InChI is InChI=1S/C13H16ClN3O3/c1-20-8-5-11(12(16)18)17(6-8)13(19)7-2-3-9(14)10(15)4-7/h2-4,8,11H,5-6,15H2,1H3,(H2,16,18). The van der Waals surface area contributed by atoms with Gasteiger partial charge < -0.3 is 21.1 Å². The van der Waals surface area contributed by atoms with Crippen molar-refractivity contribution in [2.24, 2.45) is 5.73 Å². The number of halogens is 1. The minimum Gasteiger partial charge on any atom is -0.398 e. The maximum Gasteiger partial charge on any atom is 0.254 e. The molecule has 1 aliphatic rings. The van der Waals surface area contributed by atoms with Gasteiger partial charge in [0, 0.05) is 25.6 Å². The molecule has 1 fully saturated rings. The highest BCUT2D eigenvalue weighted by Gasteiger charge is 2.39. The summed E-state index contributed by atoms with van der Waals surface area (Å²) in [6.45, 7) is 0.325. The Balaban J connectivity index is 2.26. The van der Waals surface area contributed by atoms with Crippen molar-refractivity contribution in [1.82, 2.24) is 4.90 Å². The van der Waals surface area contributed by atoms with Crippen LogP contribution in [0.15, 0.2) is 18.2 Å². The van der Waals surface area contributed by atoms with Crippen LogP contribution in [0.25, 0.3) is 0 Å². The van der Waals surface area contributed by atoms with Gasteiger partial charge in [-0.2, -0.15) is 0 Å².